The summed E-state index contributed by atoms with van der Waals surface area (Å²) < 4.78 is 15.6. The molecule has 31 heavy (non-hydrogen) atoms. The van der Waals surface area contributed by atoms with E-state index in [1.54, 1.807) is 16.8 Å². The maximum absolute atomic E-state index is 14.0. The van der Waals surface area contributed by atoms with E-state index < -0.39 is 12.1 Å². The first-order valence-corrected chi connectivity index (χ1v) is 10.6. The number of hydrogen-bond donors (Lipinski definition) is 1. The van der Waals surface area contributed by atoms with Gasteiger partial charge in [0.15, 0.2) is 5.65 Å². The van der Waals surface area contributed by atoms with E-state index in [1.165, 1.54) is 0 Å². The molecule has 0 bridgehead atoms. The molecule has 0 radical (unpaired) electrons. The first-order valence-electron chi connectivity index (χ1n) is 10.6. The lowest BCUT2D eigenvalue weighted by atomic mass is 10.1. The second kappa shape index (κ2) is 7.88. The molecule has 1 N–H and O–H groups in total. The molecule has 0 aromatic carbocycles. The van der Waals surface area contributed by atoms with Gasteiger partial charge in [-0.05, 0) is 32.5 Å². The lowest BCUT2D eigenvalue weighted by Gasteiger charge is -2.23. The second-order valence-corrected chi connectivity index (χ2v) is 8.36. The van der Waals surface area contributed by atoms with Crippen molar-refractivity contribution in [3.63, 3.8) is 0 Å². The van der Waals surface area contributed by atoms with Crippen molar-refractivity contribution in [2.45, 2.75) is 25.4 Å². The monoisotopic (exact) mass is 428 g/mol. The molecule has 3 saturated heterocycles. The first kappa shape index (κ1) is 19.9. The number of fused-ring (bicyclic) bond motifs is 1. The van der Waals surface area contributed by atoms with Gasteiger partial charge >= 0.3 is 0 Å². The van der Waals surface area contributed by atoms with Crippen LogP contribution in [-0.4, -0.2) is 88.8 Å². The number of aromatic nitrogens is 4. The van der Waals surface area contributed by atoms with Crippen molar-refractivity contribution in [3.05, 3.63) is 17.3 Å². The number of nitrogens with zero attached hydrogens (tertiary/aromatic N) is 7. The average Bonchev–Trinajstić information content (AvgIpc) is 3.38. The summed E-state index contributed by atoms with van der Waals surface area (Å²) in [6.07, 6.45) is 3.85. The number of nitrogens with one attached hydrogen (secondary N) is 1. The van der Waals surface area contributed by atoms with Crippen LogP contribution >= 0.6 is 0 Å². The molecule has 2 amide bonds. The maximum Gasteiger partial charge on any atom is 0.254 e. The minimum atomic E-state index is -0.898. The van der Waals surface area contributed by atoms with Crippen LogP contribution in [0.25, 0.3) is 11.7 Å². The average molecular weight is 428 g/mol. The fraction of sp³-hybridized carbons (Fsp3) is 0.550. The molecule has 3 aliphatic rings. The van der Waals surface area contributed by atoms with Gasteiger partial charge in [-0.2, -0.15) is 19.6 Å². The van der Waals surface area contributed by atoms with Crippen LogP contribution in [0.1, 0.15) is 24.8 Å². The Labute approximate surface area is 178 Å². The number of imide groups is 1. The number of likely N-dealkylation sites (N-methyl/N-ethyl adjacent to an activating group) is 1. The van der Waals surface area contributed by atoms with Crippen molar-refractivity contribution >= 4 is 35.4 Å². The summed E-state index contributed by atoms with van der Waals surface area (Å²) in [6, 6.07) is 0. The van der Waals surface area contributed by atoms with Gasteiger partial charge in [0.1, 0.15) is 6.17 Å². The summed E-state index contributed by atoms with van der Waals surface area (Å²) in [5.74, 6) is 0.416. The Kier molecular flexibility index (Phi) is 5.05. The summed E-state index contributed by atoms with van der Waals surface area (Å²) in [6.45, 7) is 4.35. The number of halogens is 1. The zero-order valence-electron chi connectivity index (χ0n) is 17.4. The van der Waals surface area contributed by atoms with Crippen molar-refractivity contribution in [2.75, 3.05) is 56.1 Å². The number of carbonyl (C=O) groups is 2. The summed E-state index contributed by atoms with van der Waals surface area (Å²) in [7, 11) is 2.10. The molecule has 5 rings (SSSR count). The van der Waals surface area contributed by atoms with Gasteiger partial charge in [0.2, 0.25) is 17.8 Å². The van der Waals surface area contributed by atoms with Crippen molar-refractivity contribution < 1.29 is 14.0 Å². The summed E-state index contributed by atoms with van der Waals surface area (Å²) >= 11 is 0. The molecule has 2 aromatic heterocycles. The SMILES string of the molecule is CN1CCCN(c2nc(N3CCC(F)C3)n3ncc(/C=C4\CC(=O)NC4=O)c3n2)CC1. The fourth-order valence-electron chi connectivity index (χ4n) is 4.27. The van der Waals surface area contributed by atoms with Crippen LogP contribution in [0.3, 0.4) is 0 Å². The standard InChI is InChI=1S/C20H25FN8O2/c1-26-4-2-5-27(8-7-26)19-24-17-14(9-13-10-16(30)23-18(13)31)11-22-29(17)20(25-19)28-6-3-15(21)12-28/h9,11,15H,2-8,10,12H2,1H3,(H,23,30,31)/b13-9+. The maximum atomic E-state index is 14.0. The predicted octanol–water partition coefficient (Wildman–Crippen LogP) is 0.244. The fourth-order valence-corrected chi connectivity index (χ4v) is 4.27. The molecule has 0 saturated carbocycles. The van der Waals surface area contributed by atoms with Crippen LogP contribution < -0.4 is 15.1 Å². The molecule has 10 nitrogen and oxygen atoms in total. The van der Waals surface area contributed by atoms with Gasteiger partial charge in [-0.15, -0.1) is 0 Å². The third kappa shape index (κ3) is 3.85. The number of alkyl halides is 1. The third-order valence-corrected chi connectivity index (χ3v) is 6.01. The van der Waals surface area contributed by atoms with Crippen molar-refractivity contribution in [1.82, 2.24) is 29.8 Å². The Morgan fingerprint density at radius 1 is 1.13 bits per heavy atom. The van der Waals surface area contributed by atoms with E-state index in [2.05, 4.69) is 27.3 Å². The highest BCUT2D eigenvalue weighted by atomic mass is 19.1. The Morgan fingerprint density at radius 3 is 2.74 bits per heavy atom. The summed E-state index contributed by atoms with van der Waals surface area (Å²) in [4.78, 5) is 39.5. The number of rotatable bonds is 3. The predicted molar refractivity (Wildman–Crippen MR) is 113 cm³/mol. The van der Waals surface area contributed by atoms with E-state index in [9.17, 15) is 14.0 Å². The highest BCUT2D eigenvalue weighted by Crippen LogP contribution is 2.26. The molecule has 2 aromatic rings. The normalized spacial score (nSPS) is 24.5. The van der Waals surface area contributed by atoms with Gasteiger partial charge in [-0.25, -0.2) is 4.39 Å². The lowest BCUT2D eigenvalue weighted by Crippen LogP contribution is -2.32. The first-order chi connectivity index (χ1) is 15.0. The highest BCUT2D eigenvalue weighted by Gasteiger charge is 2.29. The number of amides is 2. The zero-order chi connectivity index (χ0) is 21.5. The van der Waals surface area contributed by atoms with Crippen LogP contribution in [-0.2, 0) is 9.59 Å². The van der Waals surface area contributed by atoms with Crippen LogP contribution in [0.2, 0.25) is 0 Å². The third-order valence-electron chi connectivity index (χ3n) is 6.01. The van der Waals surface area contributed by atoms with E-state index in [4.69, 9.17) is 9.97 Å². The van der Waals surface area contributed by atoms with Crippen LogP contribution in [0.4, 0.5) is 16.3 Å². The minimum absolute atomic E-state index is 0.0368. The van der Waals surface area contributed by atoms with Crippen molar-refractivity contribution in [2.24, 2.45) is 0 Å². The highest BCUT2D eigenvalue weighted by molar-refractivity contribution is 6.15. The van der Waals surface area contributed by atoms with Gasteiger partial charge in [0.05, 0.1) is 19.2 Å². The van der Waals surface area contributed by atoms with Gasteiger partial charge < -0.3 is 14.7 Å². The van der Waals surface area contributed by atoms with Crippen LogP contribution in [0.15, 0.2) is 11.8 Å². The Morgan fingerprint density at radius 2 is 2.00 bits per heavy atom. The lowest BCUT2D eigenvalue weighted by molar-refractivity contribution is -0.124. The Balaban J connectivity index is 1.59. The largest absolute Gasteiger partial charge is 0.339 e. The molecule has 3 aliphatic heterocycles. The van der Waals surface area contributed by atoms with Crippen molar-refractivity contribution in [3.8, 4) is 0 Å². The van der Waals surface area contributed by atoms with E-state index in [0.717, 1.165) is 32.6 Å². The topological polar surface area (TPSA) is 99.0 Å². The van der Waals surface area contributed by atoms with Gasteiger partial charge in [-0.3, -0.25) is 14.9 Å². The second-order valence-electron chi connectivity index (χ2n) is 8.36. The molecule has 3 fully saturated rings. The Bertz CT molecular complexity index is 1070. The smallest absolute Gasteiger partial charge is 0.254 e. The molecular weight excluding hydrogens is 403 g/mol. The van der Waals surface area contributed by atoms with Crippen molar-refractivity contribution in [1.29, 1.82) is 0 Å². The number of hydrogen-bond acceptors (Lipinski definition) is 8. The summed E-state index contributed by atoms with van der Waals surface area (Å²) in [5, 5.41) is 6.72. The summed E-state index contributed by atoms with van der Waals surface area (Å²) in [5.41, 5.74) is 1.55. The quantitative estimate of drug-likeness (QED) is 0.549. The van der Waals surface area contributed by atoms with Crippen LogP contribution in [0, 0.1) is 0 Å². The van der Waals surface area contributed by atoms with E-state index in [-0.39, 0.29) is 18.9 Å². The molecule has 5 heterocycles. The molecule has 1 unspecified atom stereocenters. The van der Waals surface area contributed by atoms with Crippen LogP contribution in [0.5, 0.6) is 0 Å². The molecule has 1 atom stereocenters. The van der Waals surface area contributed by atoms with Gasteiger partial charge in [0.25, 0.3) is 5.91 Å². The molecule has 0 spiro atoms. The Hall–Kier alpha value is -3.08. The molecular formula is C20H25FN8O2. The van der Waals surface area contributed by atoms with E-state index in [1.807, 2.05) is 4.90 Å². The van der Waals surface area contributed by atoms with E-state index in [0.29, 0.717) is 41.6 Å². The molecule has 164 valence electrons. The molecule has 11 heteroatoms. The number of anilines is 2. The zero-order valence-corrected chi connectivity index (χ0v) is 17.4. The van der Waals surface area contributed by atoms with Gasteiger partial charge in [-0.1, -0.05) is 0 Å². The minimum Gasteiger partial charge on any atom is -0.339 e. The van der Waals surface area contributed by atoms with E-state index >= 15 is 0 Å². The van der Waals surface area contributed by atoms with Gasteiger partial charge in [0, 0.05) is 37.3 Å². The number of carbonyl (C=O) groups excluding carboxylic acids is 2. The molecule has 0 aliphatic carbocycles.